The Bertz CT molecular complexity index is 706. The van der Waals surface area contributed by atoms with Crippen molar-refractivity contribution in [2.45, 2.75) is 19.8 Å². The number of aromatic amines is 1. The lowest BCUT2D eigenvalue weighted by molar-refractivity contribution is 0.881. The van der Waals surface area contributed by atoms with Crippen molar-refractivity contribution in [2.75, 3.05) is 23.3 Å². The van der Waals surface area contributed by atoms with Crippen molar-refractivity contribution in [3.8, 4) is 6.07 Å². The van der Waals surface area contributed by atoms with E-state index < -0.39 is 0 Å². The van der Waals surface area contributed by atoms with Crippen LogP contribution in [0.15, 0.2) is 24.4 Å². The average molecular weight is 295 g/mol. The summed E-state index contributed by atoms with van der Waals surface area (Å²) in [4.78, 5) is 2.40. The van der Waals surface area contributed by atoms with Crippen LogP contribution in [0.25, 0.3) is 5.57 Å². The molecule has 0 spiro atoms. The van der Waals surface area contributed by atoms with Gasteiger partial charge in [-0.15, -0.1) is 10.2 Å². The lowest BCUT2D eigenvalue weighted by Crippen LogP contribution is -2.18. The van der Waals surface area contributed by atoms with Crippen LogP contribution in [0.1, 0.15) is 24.2 Å². The normalized spacial score (nSPS) is 14.9. The minimum Gasteiger partial charge on any atom is -0.371 e. The van der Waals surface area contributed by atoms with Crippen LogP contribution in [0.4, 0.5) is 11.4 Å². The number of nitrogens with zero attached hydrogens (tertiary/aromatic N) is 5. The SMILES string of the molecule is Cc1c(NC=C(C#N)c2nn[nH]n2)cccc1N1CCCC1. The van der Waals surface area contributed by atoms with E-state index in [-0.39, 0.29) is 5.82 Å². The number of hydrogen-bond acceptors (Lipinski definition) is 6. The highest BCUT2D eigenvalue weighted by Gasteiger charge is 2.15. The number of tetrazole rings is 1. The molecule has 0 atom stereocenters. The van der Waals surface area contributed by atoms with Crippen molar-refractivity contribution < 1.29 is 0 Å². The van der Waals surface area contributed by atoms with Gasteiger partial charge in [-0.1, -0.05) is 6.07 Å². The lowest BCUT2D eigenvalue weighted by atomic mass is 10.1. The molecule has 0 amide bonds. The van der Waals surface area contributed by atoms with Crippen LogP contribution >= 0.6 is 0 Å². The predicted molar refractivity (Wildman–Crippen MR) is 84.0 cm³/mol. The van der Waals surface area contributed by atoms with E-state index in [0.717, 1.165) is 18.8 Å². The number of nitrogens with one attached hydrogen (secondary N) is 2. The summed E-state index contributed by atoms with van der Waals surface area (Å²) in [5, 5.41) is 25.8. The average Bonchev–Trinajstić information content (AvgIpc) is 3.22. The molecule has 1 fully saturated rings. The van der Waals surface area contributed by atoms with E-state index in [2.05, 4.69) is 49.9 Å². The zero-order valence-electron chi connectivity index (χ0n) is 12.4. The van der Waals surface area contributed by atoms with E-state index in [1.165, 1.54) is 24.1 Å². The van der Waals surface area contributed by atoms with Gasteiger partial charge in [-0.3, -0.25) is 0 Å². The minimum atomic E-state index is 0.281. The maximum absolute atomic E-state index is 9.18. The van der Waals surface area contributed by atoms with Gasteiger partial charge in [0, 0.05) is 30.7 Å². The Morgan fingerprint density at radius 2 is 2.23 bits per heavy atom. The van der Waals surface area contributed by atoms with Crippen molar-refractivity contribution in [1.29, 1.82) is 5.26 Å². The second-order valence-electron chi connectivity index (χ2n) is 5.19. The number of rotatable bonds is 4. The lowest BCUT2D eigenvalue weighted by Gasteiger charge is -2.21. The highest BCUT2D eigenvalue weighted by Crippen LogP contribution is 2.29. The van der Waals surface area contributed by atoms with Gasteiger partial charge in [-0.25, -0.2) is 0 Å². The first kappa shape index (κ1) is 14.1. The number of H-pyrrole nitrogens is 1. The van der Waals surface area contributed by atoms with E-state index in [1.54, 1.807) is 6.20 Å². The molecule has 1 aromatic carbocycles. The van der Waals surface area contributed by atoms with E-state index in [4.69, 9.17) is 0 Å². The Morgan fingerprint density at radius 1 is 1.41 bits per heavy atom. The fourth-order valence-corrected chi connectivity index (χ4v) is 2.65. The van der Waals surface area contributed by atoms with E-state index in [9.17, 15) is 5.26 Å². The molecule has 3 rings (SSSR count). The van der Waals surface area contributed by atoms with Crippen LogP contribution in [0.5, 0.6) is 0 Å². The Kier molecular flexibility index (Phi) is 4.01. The van der Waals surface area contributed by atoms with Crippen LogP contribution < -0.4 is 10.2 Å². The van der Waals surface area contributed by atoms with E-state index in [1.807, 2.05) is 12.1 Å². The highest BCUT2D eigenvalue weighted by atomic mass is 15.5. The fraction of sp³-hybridized carbons (Fsp3) is 0.333. The molecule has 0 unspecified atom stereocenters. The van der Waals surface area contributed by atoms with Gasteiger partial charge in [0.2, 0.25) is 5.82 Å². The molecule has 1 saturated heterocycles. The molecular weight excluding hydrogens is 278 g/mol. The Balaban J connectivity index is 1.83. The van der Waals surface area contributed by atoms with Crippen molar-refractivity contribution in [2.24, 2.45) is 0 Å². The van der Waals surface area contributed by atoms with E-state index >= 15 is 0 Å². The van der Waals surface area contributed by atoms with Gasteiger partial charge in [0.15, 0.2) is 0 Å². The Labute approximate surface area is 128 Å². The molecule has 7 nitrogen and oxygen atoms in total. The number of anilines is 2. The Hall–Kier alpha value is -2.88. The maximum Gasteiger partial charge on any atom is 0.216 e. The number of nitriles is 1. The molecule has 7 heteroatoms. The number of allylic oxidation sites excluding steroid dienone is 1. The summed E-state index contributed by atoms with van der Waals surface area (Å²) < 4.78 is 0. The first-order chi connectivity index (χ1) is 10.8. The van der Waals surface area contributed by atoms with E-state index in [0.29, 0.717) is 5.57 Å². The summed E-state index contributed by atoms with van der Waals surface area (Å²) in [6.07, 6.45) is 4.10. The third kappa shape index (κ3) is 2.76. The second-order valence-corrected chi connectivity index (χ2v) is 5.19. The molecule has 22 heavy (non-hydrogen) atoms. The van der Waals surface area contributed by atoms with Gasteiger partial charge in [0.05, 0.1) is 0 Å². The topological polar surface area (TPSA) is 93.5 Å². The minimum absolute atomic E-state index is 0.281. The molecular formula is C15H17N7. The first-order valence-corrected chi connectivity index (χ1v) is 7.25. The molecule has 1 aromatic heterocycles. The monoisotopic (exact) mass is 295 g/mol. The molecule has 2 heterocycles. The van der Waals surface area contributed by atoms with Crippen molar-refractivity contribution in [1.82, 2.24) is 20.6 Å². The molecule has 0 bridgehead atoms. The van der Waals surface area contributed by atoms with Crippen molar-refractivity contribution >= 4 is 16.9 Å². The van der Waals surface area contributed by atoms with Crippen LogP contribution in [0, 0.1) is 18.3 Å². The molecule has 0 saturated carbocycles. The quantitative estimate of drug-likeness (QED) is 0.839. The summed E-state index contributed by atoms with van der Waals surface area (Å²) >= 11 is 0. The summed E-state index contributed by atoms with van der Waals surface area (Å²) in [7, 11) is 0. The summed E-state index contributed by atoms with van der Waals surface area (Å²) in [6, 6.07) is 8.23. The number of aromatic nitrogens is 4. The molecule has 112 valence electrons. The van der Waals surface area contributed by atoms with Gasteiger partial charge in [0.25, 0.3) is 0 Å². The summed E-state index contributed by atoms with van der Waals surface area (Å²) in [6.45, 7) is 4.29. The molecule has 1 aliphatic rings. The largest absolute Gasteiger partial charge is 0.371 e. The van der Waals surface area contributed by atoms with Crippen LogP contribution in [0.3, 0.4) is 0 Å². The van der Waals surface area contributed by atoms with Crippen LogP contribution in [-0.4, -0.2) is 33.7 Å². The first-order valence-electron chi connectivity index (χ1n) is 7.25. The summed E-state index contributed by atoms with van der Waals surface area (Å²) in [5.41, 5.74) is 3.72. The predicted octanol–water partition coefficient (Wildman–Crippen LogP) is 2.08. The fourth-order valence-electron chi connectivity index (χ4n) is 2.65. The van der Waals surface area contributed by atoms with Gasteiger partial charge in [-0.2, -0.15) is 10.5 Å². The standard InChI is InChI=1S/C15H17N7/c1-11-13(5-4-6-14(11)22-7-2-3-8-22)17-10-12(9-16)15-18-20-21-19-15/h4-6,10,17H,2-3,7-8H2,1H3,(H,18,19,20,21). The molecule has 2 N–H and O–H groups in total. The molecule has 0 aliphatic carbocycles. The zero-order chi connectivity index (χ0) is 15.4. The van der Waals surface area contributed by atoms with Crippen molar-refractivity contribution in [3.05, 3.63) is 35.8 Å². The van der Waals surface area contributed by atoms with Gasteiger partial charge in [-0.05, 0) is 42.7 Å². The second kappa shape index (κ2) is 6.26. The highest BCUT2D eigenvalue weighted by molar-refractivity contribution is 5.75. The third-order valence-corrected chi connectivity index (χ3v) is 3.83. The van der Waals surface area contributed by atoms with Crippen LogP contribution in [0.2, 0.25) is 0 Å². The summed E-state index contributed by atoms with van der Waals surface area (Å²) in [5.74, 6) is 0.281. The number of benzene rings is 1. The number of hydrogen-bond donors (Lipinski definition) is 2. The smallest absolute Gasteiger partial charge is 0.216 e. The zero-order valence-corrected chi connectivity index (χ0v) is 12.4. The third-order valence-electron chi connectivity index (χ3n) is 3.83. The molecule has 2 aromatic rings. The molecule has 0 radical (unpaired) electrons. The van der Waals surface area contributed by atoms with Crippen LogP contribution in [-0.2, 0) is 0 Å². The van der Waals surface area contributed by atoms with Gasteiger partial charge in [0.1, 0.15) is 11.6 Å². The van der Waals surface area contributed by atoms with Gasteiger partial charge >= 0.3 is 0 Å². The van der Waals surface area contributed by atoms with Gasteiger partial charge < -0.3 is 10.2 Å². The van der Waals surface area contributed by atoms with Crippen molar-refractivity contribution in [3.63, 3.8) is 0 Å². The Morgan fingerprint density at radius 3 is 2.91 bits per heavy atom. The molecule has 1 aliphatic heterocycles. The maximum atomic E-state index is 9.18.